The minimum Gasteiger partial charge on any atom is -0.481 e. The zero-order chi connectivity index (χ0) is 42.9. The Morgan fingerprint density at radius 2 is 1.42 bits per heavy atom. The summed E-state index contributed by atoms with van der Waals surface area (Å²) >= 11 is 25.8. The van der Waals surface area contributed by atoms with Crippen molar-refractivity contribution in [1.82, 2.24) is 5.43 Å². The molecular formula is C47H56Cl4N6O3. The van der Waals surface area contributed by atoms with Crippen LogP contribution in [0, 0.1) is 6.92 Å². The average molecular weight is 895 g/mol. The zero-order valence-electron chi connectivity index (χ0n) is 34.8. The smallest absolute Gasteiger partial charge is 0.280 e. The van der Waals surface area contributed by atoms with Gasteiger partial charge in [-0.25, -0.2) is 10.0 Å². The number of azo groups is 1. The summed E-state index contributed by atoms with van der Waals surface area (Å²) in [5, 5.41) is 13.6. The maximum Gasteiger partial charge on any atom is 0.280 e. The van der Waals surface area contributed by atoms with Crippen LogP contribution in [0.5, 0.6) is 5.75 Å². The predicted octanol–water partition coefficient (Wildman–Crippen LogP) is 14.8. The molecule has 1 aliphatic rings. The molecule has 9 nitrogen and oxygen atoms in total. The van der Waals surface area contributed by atoms with Crippen molar-refractivity contribution < 1.29 is 14.3 Å². The molecule has 2 N–H and O–H groups in total. The van der Waals surface area contributed by atoms with Gasteiger partial charge in [-0.3, -0.25) is 15.0 Å². The minimum atomic E-state index is -1.21. The van der Waals surface area contributed by atoms with Gasteiger partial charge in [-0.1, -0.05) is 167 Å². The Balaban J connectivity index is 1.20. The third-order valence-corrected chi connectivity index (χ3v) is 11.4. The monoisotopic (exact) mass is 892 g/mol. The normalized spacial score (nSPS) is 15.2. The van der Waals surface area contributed by atoms with E-state index in [1.807, 2.05) is 44.2 Å². The summed E-state index contributed by atoms with van der Waals surface area (Å²) in [5.41, 5.74) is 6.66. The molecule has 1 fully saturated rings. The van der Waals surface area contributed by atoms with E-state index >= 15 is 0 Å². The molecule has 1 heterocycles. The maximum atomic E-state index is 13.9. The van der Waals surface area contributed by atoms with Crippen LogP contribution in [0.1, 0.15) is 115 Å². The topological polar surface area (TPSA) is 108 Å². The predicted molar refractivity (Wildman–Crippen MR) is 249 cm³/mol. The Labute approximate surface area is 375 Å². The fourth-order valence-corrected chi connectivity index (χ4v) is 8.09. The number of nitrogens with zero attached hydrogens (tertiary/aromatic N) is 4. The number of halogens is 4. The first-order valence-electron chi connectivity index (χ1n) is 21.2. The second-order valence-corrected chi connectivity index (χ2v) is 16.9. The van der Waals surface area contributed by atoms with E-state index < -0.39 is 18.1 Å². The van der Waals surface area contributed by atoms with E-state index in [2.05, 4.69) is 34.0 Å². The summed E-state index contributed by atoms with van der Waals surface area (Å²) in [4.78, 5) is 32.2. The van der Waals surface area contributed by atoms with Gasteiger partial charge in [0.15, 0.2) is 11.9 Å². The first-order valence-corrected chi connectivity index (χ1v) is 22.7. The highest BCUT2D eigenvalue weighted by Gasteiger charge is 2.41. The fraction of sp³-hybridized carbons (Fsp3) is 0.426. The van der Waals surface area contributed by atoms with Crippen LogP contribution in [0.15, 0.2) is 94.1 Å². The molecule has 1 saturated heterocycles. The van der Waals surface area contributed by atoms with Gasteiger partial charge in [0, 0.05) is 10.7 Å². The van der Waals surface area contributed by atoms with Gasteiger partial charge in [0.2, 0.25) is 6.04 Å². The number of hydrogen-bond acceptors (Lipinski definition) is 6. The molecule has 0 spiro atoms. The number of benzene rings is 4. The molecule has 4 aromatic rings. The molecule has 60 heavy (non-hydrogen) atoms. The van der Waals surface area contributed by atoms with Gasteiger partial charge in [-0.05, 0) is 86.3 Å². The molecule has 2 atom stereocenters. The quantitative estimate of drug-likeness (QED) is 0.0571. The van der Waals surface area contributed by atoms with E-state index in [9.17, 15) is 9.59 Å². The molecule has 1 aliphatic heterocycles. The number of anilines is 2. The molecule has 5 rings (SSSR count). The van der Waals surface area contributed by atoms with Gasteiger partial charge in [-0.2, -0.15) is 10.2 Å². The third kappa shape index (κ3) is 14.2. The first kappa shape index (κ1) is 46.9. The number of unbranched alkanes of at least 4 members (excludes halogenated alkanes) is 12. The van der Waals surface area contributed by atoms with Crippen molar-refractivity contribution in [2.24, 2.45) is 15.2 Å². The number of rotatable bonds is 23. The van der Waals surface area contributed by atoms with E-state index in [1.54, 1.807) is 30.3 Å². The van der Waals surface area contributed by atoms with Gasteiger partial charge < -0.3 is 10.1 Å². The Bertz CT molecular complexity index is 2070. The Morgan fingerprint density at radius 3 is 2.05 bits per heavy atom. The van der Waals surface area contributed by atoms with E-state index in [1.165, 1.54) is 94.7 Å². The maximum absolute atomic E-state index is 13.9. The SMILES string of the molecule is CCCCCCCCCCCCCCCc1cccc(OC(CC)C(=O)Nc2ccc(Cl)c(N=C3NN(c4c(Cl)cc(Cl)cc4Cl)C(=O)C3N=Nc3ccc(C)cc3)c2)c1. The number of carbonyl (C=O) groups is 2. The average Bonchev–Trinajstić information content (AvgIpc) is 3.52. The van der Waals surface area contributed by atoms with Crippen LogP contribution in [-0.4, -0.2) is 29.8 Å². The molecular weight excluding hydrogens is 838 g/mol. The standard InChI is InChI=1S/C47H56Cl4N6O3/c1-4-6-7-8-9-10-11-12-13-14-15-16-17-19-33-20-18-21-37(28-33)60-42(5-2)46(58)52-36-26-27-38(49)41(31-36)53-45-43(55-54-35-24-22-32(3)23-25-35)47(59)57(56-45)44-39(50)29-34(48)30-40(44)51/h18,20-31,42-43H,4-17,19H2,1-3H3,(H,52,58)(H,53,56). The van der Waals surface area contributed by atoms with Crippen molar-refractivity contribution in [3.63, 3.8) is 0 Å². The number of nitrogens with one attached hydrogen (secondary N) is 2. The molecule has 320 valence electrons. The fourth-order valence-electron chi connectivity index (χ4n) is 6.95. The van der Waals surface area contributed by atoms with Crippen LogP contribution in [0.2, 0.25) is 20.1 Å². The number of hydrogen-bond donors (Lipinski definition) is 2. The van der Waals surface area contributed by atoms with Gasteiger partial charge >= 0.3 is 0 Å². The van der Waals surface area contributed by atoms with Crippen molar-refractivity contribution in [2.75, 3.05) is 10.3 Å². The number of ether oxygens (including phenoxy) is 1. The molecule has 4 aromatic carbocycles. The van der Waals surface area contributed by atoms with Crippen LogP contribution >= 0.6 is 46.4 Å². The Kier molecular flexibility index (Phi) is 19.0. The van der Waals surface area contributed by atoms with Crippen molar-refractivity contribution in [2.45, 2.75) is 129 Å². The Hall–Kier alpha value is -4.15. The van der Waals surface area contributed by atoms with Crippen molar-refractivity contribution in [3.05, 3.63) is 110 Å². The van der Waals surface area contributed by atoms with Gasteiger partial charge in [-0.15, -0.1) is 0 Å². The van der Waals surface area contributed by atoms with Crippen LogP contribution in [-0.2, 0) is 16.0 Å². The van der Waals surface area contributed by atoms with Gasteiger partial charge in [0.1, 0.15) is 11.4 Å². The molecule has 2 amide bonds. The lowest BCUT2D eigenvalue weighted by molar-refractivity contribution is -0.122. The highest BCUT2D eigenvalue weighted by atomic mass is 35.5. The van der Waals surface area contributed by atoms with Crippen LogP contribution in [0.3, 0.4) is 0 Å². The lowest BCUT2D eigenvalue weighted by Gasteiger charge is -2.19. The van der Waals surface area contributed by atoms with Crippen molar-refractivity contribution in [1.29, 1.82) is 0 Å². The summed E-state index contributed by atoms with van der Waals surface area (Å²) in [5.74, 6) is -0.0949. The number of carbonyl (C=O) groups excluding carboxylic acids is 2. The lowest BCUT2D eigenvalue weighted by Crippen LogP contribution is -2.36. The Morgan fingerprint density at radius 1 is 0.783 bits per heavy atom. The highest BCUT2D eigenvalue weighted by molar-refractivity contribution is 6.43. The molecule has 0 bridgehead atoms. The zero-order valence-corrected chi connectivity index (χ0v) is 37.8. The molecule has 13 heteroatoms. The highest BCUT2D eigenvalue weighted by Crippen LogP contribution is 2.38. The molecule has 0 aromatic heterocycles. The summed E-state index contributed by atoms with van der Waals surface area (Å²) in [6.07, 6.45) is 17.9. The van der Waals surface area contributed by atoms with E-state index in [-0.39, 0.29) is 38.2 Å². The van der Waals surface area contributed by atoms with Crippen molar-refractivity contribution >= 4 is 86.8 Å². The second kappa shape index (κ2) is 24.3. The van der Waals surface area contributed by atoms with Gasteiger partial charge in [0.25, 0.3) is 11.8 Å². The van der Waals surface area contributed by atoms with Crippen molar-refractivity contribution in [3.8, 4) is 5.75 Å². The minimum absolute atomic E-state index is 0.108. The number of amides is 2. The molecule has 0 radical (unpaired) electrons. The van der Waals surface area contributed by atoms with E-state index in [0.717, 1.165) is 23.4 Å². The van der Waals surface area contributed by atoms with E-state index in [0.29, 0.717) is 28.6 Å². The number of hydrazine groups is 1. The summed E-state index contributed by atoms with van der Waals surface area (Å²) < 4.78 is 6.22. The molecule has 0 aliphatic carbocycles. The van der Waals surface area contributed by atoms with E-state index in [4.69, 9.17) is 56.1 Å². The number of amidine groups is 1. The van der Waals surface area contributed by atoms with Gasteiger partial charge in [0.05, 0.1) is 26.4 Å². The second-order valence-electron chi connectivity index (χ2n) is 15.3. The van der Waals surface area contributed by atoms with Crippen LogP contribution in [0.4, 0.5) is 22.7 Å². The number of aryl methyl sites for hydroxylation is 2. The summed E-state index contributed by atoms with van der Waals surface area (Å²) in [6, 6.07) is 22.0. The molecule has 2 unspecified atom stereocenters. The largest absolute Gasteiger partial charge is 0.481 e. The third-order valence-electron chi connectivity index (χ3n) is 10.3. The number of aliphatic imine (C=N–C) groups is 1. The molecule has 0 saturated carbocycles. The van der Waals surface area contributed by atoms with Crippen LogP contribution in [0.25, 0.3) is 0 Å². The van der Waals surface area contributed by atoms with Crippen LogP contribution < -0.4 is 20.5 Å². The first-order chi connectivity index (χ1) is 29.1. The summed E-state index contributed by atoms with van der Waals surface area (Å²) in [7, 11) is 0. The summed E-state index contributed by atoms with van der Waals surface area (Å²) in [6.45, 7) is 6.13. The lowest BCUT2D eigenvalue weighted by atomic mass is 10.0.